The molecule has 86 valence electrons. The average molecular weight is 256 g/mol. The Morgan fingerprint density at radius 3 is 1.81 bits per heavy atom. The second-order valence-corrected chi connectivity index (χ2v) is 34.8. The van der Waals surface area contributed by atoms with E-state index in [1.807, 2.05) is 0 Å². The second-order valence-electron chi connectivity index (χ2n) is 11.2. The van der Waals surface area contributed by atoms with Crippen LogP contribution in [0.5, 0.6) is 0 Å². The minimum atomic E-state index is -2.75. The molecule has 1 spiro atoms. The maximum absolute atomic E-state index is 6.31. The van der Waals surface area contributed by atoms with Gasteiger partial charge in [-0.15, -0.1) is 0 Å². The van der Waals surface area contributed by atoms with E-state index in [0.29, 0.717) is 0 Å². The molecule has 11 rings (SSSR count). The van der Waals surface area contributed by atoms with E-state index in [2.05, 4.69) is 0 Å². The van der Waals surface area contributed by atoms with Gasteiger partial charge in [0.15, 0.2) is 0 Å². The molecule has 11 aliphatic rings. The first kappa shape index (κ1) is 5.63. The van der Waals surface area contributed by atoms with Gasteiger partial charge in [0.05, 0.1) is 0 Å². The molecule has 11 heterocycles. The van der Waals surface area contributed by atoms with E-state index in [9.17, 15) is 0 Å². The zero-order valence-corrected chi connectivity index (χ0v) is 10.3. The first-order valence-electron chi connectivity index (χ1n) is 7.48. The molecular weight excluding hydrogens is 240 g/mol. The zero-order chi connectivity index (χ0) is 9.42. The van der Waals surface area contributed by atoms with Crippen LogP contribution in [0.25, 0.3) is 0 Å². The van der Waals surface area contributed by atoms with Crippen LogP contribution < -0.4 is 0 Å². The van der Waals surface area contributed by atoms with Gasteiger partial charge in [0.2, 0.25) is 0 Å². The molecule has 2 heteroatoms. The molecule has 0 N–H and O–H groups in total. The fourth-order valence-electron chi connectivity index (χ4n) is 18.2. The third-order valence-electron chi connectivity index (χ3n) is 16.2. The summed E-state index contributed by atoms with van der Waals surface area (Å²) in [5.74, 6) is 0. The van der Waals surface area contributed by atoms with Crippen LogP contribution in [0.3, 0.4) is 0 Å². The van der Waals surface area contributed by atoms with Gasteiger partial charge in [0.25, 0.3) is 0 Å². The van der Waals surface area contributed by atoms with E-state index >= 15 is 0 Å². The summed E-state index contributed by atoms with van der Waals surface area (Å²) < 4.78 is 7.36. The van der Waals surface area contributed by atoms with E-state index in [4.69, 9.17) is 4.74 Å². The van der Waals surface area contributed by atoms with Crippen molar-refractivity contribution in [2.45, 2.75) is 66.6 Å². The van der Waals surface area contributed by atoms with Crippen LogP contribution in [0, 0.1) is 0 Å². The van der Waals surface area contributed by atoms with Crippen molar-refractivity contribution in [3.8, 4) is 0 Å². The summed E-state index contributed by atoms with van der Waals surface area (Å²) >= 11 is 0. The van der Waals surface area contributed by atoms with Crippen molar-refractivity contribution in [2.75, 3.05) is 6.61 Å². The van der Waals surface area contributed by atoms with E-state index in [1.165, 1.54) is 56.2 Å². The van der Waals surface area contributed by atoms with E-state index in [0.717, 1.165) is 17.0 Å². The Bertz CT molecular complexity index is 858. The SMILES string of the molecule is C1COC([C]23[CH]4[CH]5[CH]6[CH]2[Fe]56432789[CH]3[CH]2[CH]7[CH]8[CH]39)C1. The molecule has 5 unspecified atom stereocenters. The van der Waals surface area contributed by atoms with Gasteiger partial charge in [-0.2, -0.15) is 0 Å². The van der Waals surface area contributed by atoms with Gasteiger partial charge in [-0.05, 0) is 0 Å². The van der Waals surface area contributed by atoms with Gasteiger partial charge in [-0.25, -0.2) is 0 Å². The fourth-order valence-corrected chi connectivity index (χ4v) is 93.2. The molecule has 0 bridgehead atoms. The first-order chi connectivity index (χ1) is 7.65. The minimum absolute atomic E-state index is 0.849. The van der Waals surface area contributed by atoms with Crippen molar-refractivity contribution in [2.24, 2.45) is 0 Å². The van der Waals surface area contributed by atoms with Crippen molar-refractivity contribution in [1.29, 1.82) is 0 Å². The van der Waals surface area contributed by atoms with Crippen molar-refractivity contribution in [1.82, 2.24) is 0 Å². The van der Waals surface area contributed by atoms with Crippen LogP contribution in [0.1, 0.15) is 12.8 Å². The summed E-state index contributed by atoms with van der Waals surface area (Å²) in [5, 5.41) is 0. The Morgan fingerprint density at radius 1 is 0.875 bits per heavy atom. The van der Waals surface area contributed by atoms with Crippen molar-refractivity contribution in [3.63, 3.8) is 0 Å². The quantitative estimate of drug-likeness (QED) is 0.646. The maximum atomic E-state index is 6.31. The summed E-state index contributed by atoms with van der Waals surface area (Å²) in [5.41, 5.74) is 0. The average Bonchev–Trinajstić information content (AvgIpc) is 3.20. The van der Waals surface area contributed by atoms with Crippen LogP contribution in [0.4, 0.5) is 0 Å². The monoisotopic (exact) mass is 256 g/mol. The molecule has 11 aliphatic heterocycles. The summed E-state index contributed by atoms with van der Waals surface area (Å²) in [6, 6.07) is 0. The van der Waals surface area contributed by atoms with Gasteiger partial charge in [0.1, 0.15) is 0 Å². The van der Waals surface area contributed by atoms with Gasteiger partial charge in [-0.1, -0.05) is 0 Å². The van der Waals surface area contributed by atoms with Crippen LogP contribution in [-0.2, 0) is 11.2 Å². The Kier molecular flexibility index (Phi) is 0.156. The predicted molar refractivity (Wildman–Crippen MR) is 55.4 cm³/mol. The van der Waals surface area contributed by atoms with E-state index < -0.39 is 6.51 Å². The Balaban J connectivity index is 1.62. The molecule has 1 nitrogen and oxygen atoms in total. The van der Waals surface area contributed by atoms with Crippen molar-refractivity contribution >= 4 is 0 Å². The molecule has 0 aromatic rings. The fraction of sp³-hybridized carbons (Fsp3) is 1.00. The number of rotatable bonds is 1. The molecule has 5 atom stereocenters. The molecule has 0 aliphatic carbocycles. The molecule has 0 aromatic carbocycles. The molecule has 11 saturated heterocycles. The molecule has 0 aromatic heterocycles. The Morgan fingerprint density at radius 2 is 1.50 bits per heavy atom. The summed E-state index contributed by atoms with van der Waals surface area (Å²) in [6.07, 6.45) is 3.74. The summed E-state index contributed by atoms with van der Waals surface area (Å²) in [6.45, 7) is -1.62. The number of ether oxygens (including phenoxy) is 1. The third-order valence-corrected chi connectivity index (χ3v) is 58.9. The van der Waals surface area contributed by atoms with Crippen LogP contribution in [0.15, 0.2) is 0 Å². The van der Waals surface area contributed by atoms with Crippen LogP contribution in [0.2, 0.25) is 47.7 Å². The van der Waals surface area contributed by atoms with Crippen molar-refractivity contribution < 1.29 is 11.2 Å². The van der Waals surface area contributed by atoms with Gasteiger partial charge in [0, 0.05) is 0 Å². The molecule has 16 heavy (non-hydrogen) atoms. The van der Waals surface area contributed by atoms with Gasteiger partial charge in [-0.3, -0.25) is 0 Å². The van der Waals surface area contributed by atoms with Crippen molar-refractivity contribution in [3.05, 3.63) is 0 Å². The summed E-state index contributed by atoms with van der Waals surface area (Å²) in [7, 11) is 0. The Hall–Kier alpha value is 0.479. The Labute approximate surface area is 84.6 Å². The number of hydrogen-bond donors (Lipinski definition) is 0. The molecule has 0 saturated carbocycles. The second kappa shape index (κ2) is 0.444. The third kappa shape index (κ3) is 0.0513. The molecule has 11 fully saturated rings. The van der Waals surface area contributed by atoms with E-state index in [1.54, 1.807) is 0 Å². The zero-order valence-electron chi connectivity index (χ0n) is 9.16. The normalized spacial score (nSPS) is 136. The van der Waals surface area contributed by atoms with Gasteiger partial charge < -0.3 is 0 Å². The number of hydrogen-bond acceptors (Lipinski definition) is 1. The predicted octanol–water partition coefficient (Wildman–Crippen LogP) is 3.92. The standard InChI is InChI=1S/C9H11O.C5H5.Fe/c1-2-5-8(4-1)9-6-3-7-10-9;1-2-4-5-3-1;/h1-2,4-5,9H,3,6-7H2;1-5H;. The van der Waals surface area contributed by atoms with Gasteiger partial charge >= 0.3 is 84.5 Å². The van der Waals surface area contributed by atoms with Crippen LogP contribution >= 0.6 is 0 Å². The molecule has 0 amide bonds. The first-order valence-corrected chi connectivity index (χ1v) is 13.8. The summed E-state index contributed by atoms with van der Waals surface area (Å²) in [4.78, 5) is 13.4. The topological polar surface area (TPSA) is 9.23 Å². The number of fused-ring (bicyclic) bond motifs is 10. The van der Waals surface area contributed by atoms with E-state index in [-0.39, 0.29) is 0 Å². The molecular formula is C14H16FeO. The van der Waals surface area contributed by atoms with Crippen LogP contribution in [-0.4, -0.2) is 12.7 Å². The molecule has 0 radical (unpaired) electrons.